The molecule has 0 aromatic carbocycles. The van der Waals surface area contributed by atoms with Crippen LogP contribution in [0.15, 0.2) is 18.3 Å². The average Bonchev–Trinajstić information content (AvgIpc) is 2.30. The smallest absolute Gasteiger partial charge is 0.123 e. The van der Waals surface area contributed by atoms with Crippen LogP contribution in [0.3, 0.4) is 0 Å². The first kappa shape index (κ1) is 10.2. The molecule has 1 aromatic heterocycles. The highest BCUT2D eigenvalue weighted by Gasteiger charge is 2.18. The molecule has 0 radical (unpaired) electrons. The van der Waals surface area contributed by atoms with Crippen molar-refractivity contribution in [3.8, 4) is 0 Å². The van der Waals surface area contributed by atoms with E-state index in [1.165, 1.54) is 0 Å². The third-order valence-corrected chi connectivity index (χ3v) is 3.01. The zero-order valence-corrected chi connectivity index (χ0v) is 8.76. The van der Waals surface area contributed by atoms with Gasteiger partial charge in [0.2, 0.25) is 0 Å². The lowest BCUT2D eigenvalue weighted by Crippen LogP contribution is -2.34. The predicted molar refractivity (Wildman–Crippen MR) is 60.7 cm³/mol. The van der Waals surface area contributed by atoms with E-state index in [-0.39, 0.29) is 0 Å². The van der Waals surface area contributed by atoms with Gasteiger partial charge in [-0.15, -0.1) is 0 Å². The van der Waals surface area contributed by atoms with Crippen molar-refractivity contribution < 1.29 is 5.11 Å². The van der Waals surface area contributed by atoms with Crippen molar-refractivity contribution in [1.82, 2.24) is 4.98 Å². The van der Waals surface area contributed by atoms with E-state index in [1.54, 1.807) is 0 Å². The van der Waals surface area contributed by atoms with Gasteiger partial charge in [0.1, 0.15) is 5.82 Å². The van der Waals surface area contributed by atoms with Crippen molar-refractivity contribution in [3.05, 3.63) is 18.3 Å². The number of nitrogens with zero attached hydrogens (tertiary/aromatic N) is 2. The van der Waals surface area contributed by atoms with E-state index < -0.39 is 0 Å². The molecule has 0 atom stereocenters. The van der Waals surface area contributed by atoms with Crippen molar-refractivity contribution in [3.63, 3.8) is 0 Å². The van der Waals surface area contributed by atoms with E-state index in [9.17, 15) is 0 Å². The average molecular weight is 207 g/mol. The summed E-state index contributed by atoms with van der Waals surface area (Å²) in [4.78, 5) is 6.37. The van der Waals surface area contributed by atoms with E-state index >= 15 is 0 Å². The Kier molecular flexibility index (Phi) is 3.06. The SMILES string of the molecule is Nc1ccc(N2CCC(CO)CC2)cn1. The first-order chi connectivity index (χ1) is 7.29. The van der Waals surface area contributed by atoms with Crippen LogP contribution in [-0.2, 0) is 0 Å². The fraction of sp³-hybridized carbons (Fsp3) is 0.545. The first-order valence-corrected chi connectivity index (χ1v) is 5.37. The highest BCUT2D eigenvalue weighted by molar-refractivity contribution is 5.48. The predicted octanol–water partition coefficient (Wildman–Crippen LogP) is 0.872. The molecule has 1 aliphatic heterocycles. The highest BCUT2D eigenvalue weighted by atomic mass is 16.3. The van der Waals surface area contributed by atoms with Crippen molar-refractivity contribution in [2.45, 2.75) is 12.8 Å². The molecule has 0 aliphatic carbocycles. The number of aromatic nitrogens is 1. The van der Waals surface area contributed by atoms with Crippen LogP contribution in [0.1, 0.15) is 12.8 Å². The molecule has 4 nitrogen and oxygen atoms in total. The van der Waals surface area contributed by atoms with Crippen LogP contribution in [0.5, 0.6) is 0 Å². The van der Waals surface area contributed by atoms with Crippen LogP contribution in [0, 0.1) is 5.92 Å². The van der Waals surface area contributed by atoms with Crippen molar-refractivity contribution >= 4 is 11.5 Å². The number of nitrogen functional groups attached to an aromatic ring is 1. The second kappa shape index (κ2) is 4.49. The number of hydrogen-bond acceptors (Lipinski definition) is 4. The molecule has 1 saturated heterocycles. The number of aliphatic hydroxyl groups is 1. The normalized spacial score (nSPS) is 18.1. The Hall–Kier alpha value is -1.29. The molecule has 0 unspecified atom stereocenters. The lowest BCUT2D eigenvalue weighted by Gasteiger charge is -2.32. The molecule has 1 fully saturated rings. The first-order valence-electron chi connectivity index (χ1n) is 5.37. The Morgan fingerprint density at radius 1 is 1.40 bits per heavy atom. The summed E-state index contributed by atoms with van der Waals surface area (Å²) in [7, 11) is 0. The van der Waals surface area contributed by atoms with E-state index in [0.29, 0.717) is 18.3 Å². The number of piperidine rings is 1. The topological polar surface area (TPSA) is 62.4 Å². The Morgan fingerprint density at radius 3 is 2.67 bits per heavy atom. The van der Waals surface area contributed by atoms with Gasteiger partial charge in [-0.2, -0.15) is 0 Å². The lowest BCUT2D eigenvalue weighted by atomic mass is 9.98. The minimum Gasteiger partial charge on any atom is -0.396 e. The molecular formula is C11H17N3O. The molecule has 2 rings (SSSR count). The molecule has 2 heterocycles. The quantitative estimate of drug-likeness (QED) is 0.755. The summed E-state index contributed by atoms with van der Waals surface area (Å²) in [6.07, 6.45) is 3.93. The van der Waals surface area contributed by atoms with E-state index in [0.717, 1.165) is 31.6 Å². The third kappa shape index (κ3) is 2.39. The maximum atomic E-state index is 9.04. The van der Waals surface area contributed by atoms with Crippen molar-refractivity contribution in [1.29, 1.82) is 0 Å². The number of nitrogens with two attached hydrogens (primary N) is 1. The molecule has 0 saturated carbocycles. The third-order valence-electron chi connectivity index (χ3n) is 3.01. The van der Waals surface area contributed by atoms with Gasteiger partial charge >= 0.3 is 0 Å². The number of rotatable bonds is 2. The molecule has 3 N–H and O–H groups in total. The summed E-state index contributed by atoms with van der Waals surface area (Å²) in [5.41, 5.74) is 6.66. The standard InChI is InChI=1S/C11H17N3O/c12-11-2-1-10(7-13-11)14-5-3-9(8-15)4-6-14/h1-2,7,9,15H,3-6,8H2,(H2,12,13). The molecule has 1 aromatic rings. The van der Waals surface area contributed by atoms with Crippen LogP contribution >= 0.6 is 0 Å². The molecule has 0 amide bonds. The van der Waals surface area contributed by atoms with Crippen LogP contribution in [0.2, 0.25) is 0 Å². The second-order valence-electron chi connectivity index (χ2n) is 4.05. The van der Waals surface area contributed by atoms with Gasteiger partial charge in [-0.25, -0.2) is 4.98 Å². The summed E-state index contributed by atoms with van der Waals surface area (Å²) >= 11 is 0. The van der Waals surface area contributed by atoms with Crippen molar-refractivity contribution in [2.24, 2.45) is 5.92 Å². The van der Waals surface area contributed by atoms with E-state index in [2.05, 4.69) is 9.88 Å². The molecule has 4 heteroatoms. The summed E-state index contributed by atoms with van der Waals surface area (Å²) in [6, 6.07) is 3.83. The molecular weight excluding hydrogens is 190 g/mol. The second-order valence-corrected chi connectivity index (χ2v) is 4.05. The summed E-state index contributed by atoms with van der Waals surface area (Å²) in [5, 5.41) is 9.04. The Balaban J connectivity index is 1.98. The lowest BCUT2D eigenvalue weighted by molar-refractivity contribution is 0.203. The van der Waals surface area contributed by atoms with E-state index in [4.69, 9.17) is 10.8 Å². The Labute approximate surface area is 89.7 Å². The minimum absolute atomic E-state index is 0.313. The maximum Gasteiger partial charge on any atom is 0.123 e. The summed E-state index contributed by atoms with van der Waals surface area (Å²) in [6.45, 7) is 2.31. The number of hydrogen-bond donors (Lipinski definition) is 2. The van der Waals surface area contributed by atoms with Gasteiger partial charge in [0.15, 0.2) is 0 Å². The summed E-state index contributed by atoms with van der Waals surface area (Å²) in [5.74, 6) is 1.03. The van der Waals surface area contributed by atoms with Gasteiger partial charge in [-0.3, -0.25) is 0 Å². The largest absolute Gasteiger partial charge is 0.396 e. The van der Waals surface area contributed by atoms with Gasteiger partial charge in [0, 0.05) is 19.7 Å². The minimum atomic E-state index is 0.313. The fourth-order valence-corrected chi connectivity index (χ4v) is 1.96. The van der Waals surface area contributed by atoms with Gasteiger partial charge in [-0.05, 0) is 30.9 Å². The van der Waals surface area contributed by atoms with Crippen LogP contribution in [0.25, 0.3) is 0 Å². The monoisotopic (exact) mass is 207 g/mol. The maximum absolute atomic E-state index is 9.04. The van der Waals surface area contributed by atoms with Gasteiger partial charge in [0.25, 0.3) is 0 Å². The van der Waals surface area contributed by atoms with Gasteiger partial charge in [0.05, 0.1) is 11.9 Å². The summed E-state index contributed by atoms with van der Waals surface area (Å²) < 4.78 is 0. The number of pyridine rings is 1. The fourth-order valence-electron chi connectivity index (χ4n) is 1.96. The number of anilines is 2. The van der Waals surface area contributed by atoms with E-state index in [1.807, 2.05) is 18.3 Å². The van der Waals surface area contributed by atoms with Gasteiger partial charge < -0.3 is 15.7 Å². The number of aliphatic hydroxyl groups excluding tert-OH is 1. The van der Waals surface area contributed by atoms with Crippen molar-refractivity contribution in [2.75, 3.05) is 30.3 Å². The van der Waals surface area contributed by atoms with Gasteiger partial charge in [-0.1, -0.05) is 0 Å². The van der Waals surface area contributed by atoms with Crippen LogP contribution < -0.4 is 10.6 Å². The Morgan fingerprint density at radius 2 is 2.13 bits per heavy atom. The zero-order chi connectivity index (χ0) is 10.7. The molecule has 1 aliphatic rings. The molecule has 0 bridgehead atoms. The van der Waals surface area contributed by atoms with Crippen LogP contribution in [0.4, 0.5) is 11.5 Å². The molecule has 0 spiro atoms. The molecule has 82 valence electrons. The zero-order valence-electron chi connectivity index (χ0n) is 8.76. The Bertz CT molecular complexity index is 304. The molecule has 15 heavy (non-hydrogen) atoms. The van der Waals surface area contributed by atoms with Crippen LogP contribution in [-0.4, -0.2) is 29.8 Å². The highest BCUT2D eigenvalue weighted by Crippen LogP contribution is 2.22.